The molecule has 0 spiro atoms. The number of carbonyl (C=O) groups is 1. The van der Waals surface area contributed by atoms with Crippen LogP contribution in [0.2, 0.25) is 5.02 Å². The fourth-order valence-corrected chi connectivity index (χ4v) is 5.11. The van der Waals surface area contributed by atoms with Gasteiger partial charge in [-0.1, -0.05) is 35.1 Å². The van der Waals surface area contributed by atoms with Crippen molar-refractivity contribution in [1.29, 1.82) is 0 Å². The van der Waals surface area contributed by atoms with Gasteiger partial charge < -0.3 is 23.7 Å². The molecule has 0 radical (unpaired) electrons. The normalized spacial score (nSPS) is 14.4. The van der Waals surface area contributed by atoms with Gasteiger partial charge in [0, 0.05) is 31.6 Å². The molecule has 1 aliphatic rings. The number of amides is 1. The average molecular weight is 458 g/mol. The Labute approximate surface area is 187 Å². The number of piperazine rings is 1. The van der Waals surface area contributed by atoms with E-state index in [-0.39, 0.29) is 5.91 Å². The molecule has 160 valence electrons. The van der Waals surface area contributed by atoms with Gasteiger partial charge in [-0.3, -0.25) is 4.79 Å². The molecule has 1 saturated heterocycles. The fourth-order valence-electron chi connectivity index (χ4n) is 3.80. The minimum absolute atomic E-state index is 0.119. The third-order valence-electron chi connectivity index (χ3n) is 5.44. The van der Waals surface area contributed by atoms with E-state index in [9.17, 15) is 4.79 Å². The smallest absolute Gasteiger partial charge is 0.289 e. The molecule has 4 aromatic rings. The van der Waals surface area contributed by atoms with Crippen molar-refractivity contribution in [3.05, 3.63) is 47.2 Å². The first-order valence-corrected chi connectivity index (χ1v) is 11.0. The van der Waals surface area contributed by atoms with E-state index in [2.05, 4.69) is 4.90 Å². The number of methoxy groups -OCH3 is 2. The van der Waals surface area contributed by atoms with Gasteiger partial charge >= 0.3 is 0 Å². The number of para-hydroxylation sites is 1. The molecule has 9 heteroatoms. The van der Waals surface area contributed by atoms with E-state index in [1.54, 1.807) is 31.6 Å². The van der Waals surface area contributed by atoms with Crippen LogP contribution >= 0.6 is 22.9 Å². The highest BCUT2D eigenvalue weighted by Crippen LogP contribution is 2.39. The molecule has 0 atom stereocenters. The molecule has 0 aliphatic carbocycles. The summed E-state index contributed by atoms with van der Waals surface area (Å²) in [5.74, 6) is 1.53. The van der Waals surface area contributed by atoms with E-state index < -0.39 is 0 Å². The van der Waals surface area contributed by atoms with Crippen LogP contribution in [-0.2, 0) is 0 Å². The lowest BCUT2D eigenvalue weighted by Gasteiger charge is -2.34. The van der Waals surface area contributed by atoms with E-state index >= 15 is 0 Å². The Morgan fingerprint density at radius 1 is 1.10 bits per heavy atom. The average Bonchev–Trinajstić information content (AvgIpc) is 3.44. The number of anilines is 1. The minimum Gasteiger partial charge on any atom is -0.494 e. The van der Waals surface area contributed by atoms with Crippen LogP contribution in [-0.4, -0.2) is 56.2 Å². The van der Waals surface area contributed by atoms with Crippen molar-refractivity contribution < 1.29 is 18.7 Å². The second kappa shape index (κ2) is 7.94. The molecule has 1 amide bonds. The van der Waals surface area contributed by atoms with Crippen LogP contribution in [0, 0.1) is 0 Å². The van der Waals surface area contributed by atoms with Crippen molar-refractivity contribution in [2.75, 3.05) is 45.3 Å². The van der Waals surface area contributed by atoms with Crippen LogP contribution in [0.25, 0.3) is 21.2 Å². The summed E-state index contributed by atoms with van der Waals surface area (Å²) in [5, 5.41) is 2.39. The number of fused-ring (bicyclic) bond motifs is 2. The fraction of sp³-hybridized carbons (Fsp3) is 0.273. The number of nitrogens with zero attached hydrogens (tertiary/aromatic N) is 3. The van der Waals surface area contributed by atoms with Crippen LogP contribution in [0.5, 0.6) is 11.5 Å². The van der Waals surface area contributed by atoms with Gasteiger partial charge in [0.2, 0.25) is 0 Å². The standard InChI is InChI=1S/C22H20ClN3O4S/c1-28-15-7-6-14(23)20-18(15)24-22(31-20)26-10-8-25(9-11-26)21(27)17-12-13-4-3-5-16(29-2)19(13)30-17/h3-7,12H,8-11H2,1-2H3. The molecular weight excluding hydrogens is 438 g/mol. The molecular formula is C22H20ClN3O4S. The molecule has 0 N–H and O–H groups in total. The molecule has 2 aromatic heterocycles. The number of hydrogen-bond donors (Lipinski definition) is 0. The minimum atomic E-state index is -0.119. The Balaban J connectivity index is 1.33. The number of rotatable bonds is 4. The first kappa shape index (κ1) is 20.0. The summed E-state index contributed by atoms with van der Waals surface area (Å²) in [6.45, 7) is 2.51. The highest BCUT2D eigenvalue weighted by Gasteiger charge is 2.27. The van der Waals surface area contributed by atoms with Gasteiger partial charge in [0.25, 0.3) is 5.91 Å². The Morgan fingerprint density at radius 2 is 1.87 bits per heavy atom. The predicted octanol–water partition coefficient (Wildman–Crippen LogP) is 4.68. The maximum atomic E-state index is 13.0. The summed E-state index contributed by atoms with van der Waals surface area (Å²) in [6, 6.07) is 11.0. The number of benzene rings is 2. The van der Waals surface area contributed by atoms with Crippen molar-refractivity contribution in [3.8, 4) is 11.5 Å². The number of halogens is 1. The predicted molar refractivity (Wildman–Crippen MR) is 122 cm³/mol. The van der Waals surface area contributed by atoms with Crippen LogP contribution in [0.4, 0.5) is 5.13 Å². The highest BCUT2D eigenvalue weighted by atomic mass is 35.5. The van der Waals surface area contributed by atoms with Crippen molar-refractivity contribution in [1.82, 2.24) is 9.88 Å². The van der Waals surface area contributed by atoms with Crippen molar-refractivity contribution in [3.63, 3.8) is 0 Å². The summed E-state index contributed by atoms with van der Waals surface area (Å²) < 4.78 is 17.5. The number of ether oxygens (including phenoxy) is 2. The van der Waals surface area contributed by atoms with Crippen LogP contribution in [0.1, 0.15) is 10.6 Å². The van der Waals surface area contributed by atoms with Crippen LogP contribution < -0.4 is 14.4 Å². The lowest BCUT2D eigenvalue weighted by Crippen LogP contribution is -2.48. The molecule has 5 rings (SSSR count). The molecule has 1 fully saturated rings. The monoisotopic (exact) mass is 457 g/mol. The third-order valence-corrected chi connectivity index (χ3v) is 7.02. The SMILES string of the molecule is COc1ccc(Cl)c2sc(N3CCN(C(=O)c4cc5cccc(OC)c5o4)CC3)nc12. The zero-order valence-corrected chi connectivity index (χ0v) is 18.6. The summed E-state index contributed by atoms with van der Waals surface area (Å²) in [5.41, 5.74) is 1.36. The largest absolute Gasteiger partial charge is 0.494 e. The Hall–Kier alpha value is -2.97. The van der Waals surface area contributed by atoms with Gasteiger partial charge in [-0.15, -0.1) is 0 Å². The Bertz CT molecular complexity index is 1280. The molecule has 0 saturated carbocycles. The number of furan rings is 1. The second-order valence-electron chi connectivity index (χ2n) is 7.19. The molecule has 0 unspecified atom stereocenters. The van der Waals surface area contributed by atoms with Gasteiger partial charge in [-0.2, -0.15) is 0 Å². The van der Waals surface area contributed by atoms with Gasteiger partial charge in [0.15, 0.2) is 22.2 Å². The summed E-state index contributed by atoms with van der Waals surface area (Å²) in [7, 11) is 3.21. The molecule has 7 nitrogen and oxygen atoms in total. The maximum absolute atomic E-state index is 13.0. The van der Waals surface area contributed by atoms with Crippen LogP contribution in [0.15, 0.2) is 40.8 Å². The summed E-state index contributed by atoms with van der Waals surface area (Å²) >= 11 is 7.89. The molecule has 31 heavy (non-hydrogen) atoms. The molecule has 2 aromatic carbocycles. The van der Waals surface area contributed by atoms with E-state index in [0.29, 0.717) is 54.0 Å². The maximum Gasteiger partial charge on any atom is 0.289 e. The number of hydrogen-bond acceptors (Lipinski definition) is 7. The zero-order valence-electron chi connectivity index (χ0n) is 17.1. The molecule has 3 heterocycles. The highest BCUT2D eigenvalue weighted by molar-refractivity contribution is 7.22. The zero-order chi connectivity index (χ0) is 21.5. The first-order valence-electron chi connectivity index (χ1n) is 9.83. The summed E-state index contributed by atoms with van der Waals surface area (Å²) in [4.78, 5) is 21.7. The number of aromatic nitrogens is 1. The van der Waals surface area contributed by atoms with Crippen molar-refractivity contribution >= 4 is 55.2 Å². The lowest BCUT2D eigenvalue weighted by molar-refractivity contribution is 0.0717. The first-order chi connectivity index (χ1) is 15.1. The van der Waals surface area contributed by atoms with Crippen LogP contribution in [0.3, 0.4) is 0 Å². The van der Waals surface area contributed by atoms with Crippen molar-refractivity contribution in [2.45, 2.75) is 0 Å². The van der Waals surface area contributed by atoms with E-state index in [1.165, 1.54) is 0 Å². The van der Waals surface area contributed by atoms with Gasteiger partial charge in [0.1, 0.15) is 11.3 Å². The second-order valence-corrected chi connectivity index (χ2v) is 8.58. The molecule has 0 bridgehead atoms. The number of carbonyl (C=O) groups excluding carboxylic acids is 1. The molecule has 1 aliphatic heterocycles. The van der Waals surface area contributed by atoms with E-state index in [1.807, 2.05) is 35.2 Å². The van der Waals surface area contributed by atoms with E-state index in [4.69, 9.17) is 30.5 Å². The number of thiazole rings is 1. The van der Waals surface area contributed by atoms with Gasteiger partial charge in [-0.05, 0) is 24.3 Å². The quantitative estimate of drug-likeness (QED) is 0.443. The summed E-state index contributed by atoms with van der Waals surface area (Å²) in [6.07, 6.45) is 0. The topological polar surface area (TPSA) is 68.0 Å². The third kappa shape index (κ3) is 3.45. The van der Waals surface area contributed by atoms with E-state index in [0.717, 1.165) is 20.7 Å². The Kier molecular flexibility index (Phi) is 5.11. The Morgan fingerprint density at radius 3 is 2.61 bits per heavy atom. The van der Waals surface area contributed by atoms with Gasteiger partial charge in [-0.25, -0.2) is 4.98 Å². The lowest BCUT2D eigenvalue weighted by atomic mass is 10.2. The van der Waals surface area contributed by atoms with Gasteiger partial charge in [0.05, 0.1) is 23.9 Å². The van der Waals surface area contributed by atoms with Crippen molar-refractivity contribution in [2.24, 2.45) is 0 Å².